The number of amides is 2. The largest absolute Gasteiger partial charge is 0.279 e. The zero-order valence-electron chi connectivity index (χ0n) is 8.80. The Bertz CT molecular complexity index is 426. The van der Waals surface area contributed by atoms with E-state index in [9.17, 15) is 9.59 Å². The first-order chi connectivity index (χ1) is 7.77. The summed E-state index contributed by atoms with van der Waals surface area (Å²) in [7, 11) is 0. The lowest BCUT2D eigenvalue weighted by molar-refractivity contribution is -0.138. The van der Waals surface area contributed by atoms with E-state index >= 15 is 0 Å². The van der Waals surface area contributed by atoms with Crippen LogP contribution in [-0.2, 0) is 9.59 Å². The number of carbonyl (C=O) groups excluding carboxylic acids is 2. The van der Waals surface area contributed by atoms with Gasteiger partial charge in [0.05, 0.1) is 0 Å². The van der Waals surface area contributed by atoms with Crippen molar-refractivity contribution < 1.29 is 9.59 Å². The minimum Gasteiger partial charge on any atom is -0.279 e. The van der Waals surface area contributed by atoms with Gasteiger partial charge in [0.25, 0.3) is 5.91 Å². The first kappa shape index (κ1) is 10.5. The summed E-state index contributed by atoms with van der Waals surface area (Å²) in [6.45, 7) is 0.540. The lowest BCUT2D eigenvalue weighted by atomic mass is 10.2. The Kier molecular flexibility index (Phi) is 3.10. The zero-order chi connectivity index (χ0) is 11.4. The molecule has 1 aromatic rings. The van der Waals surface area contributed by atoms with Crippen LogP contribution in [-0.4, -0.2) is 28.2 Å². The predicted octanol–water partition coefficient (Wildman–Crippen LogP) is 1.24. The van der Waals surface area contributed by atoms with Crippen molar-refractivity contribution in [1.82, 2.24) is 9.88 Å². The third-order valence-electron chi connectivity index (χ3n) is 2.46. The van der Waals surface area contributed by atoms with E-state index in [1.54, 1.807) is 30.6 Å². The highest BCUT2D eigenvalue weighted by atomic mass is 16.2. The smallest absolute Gasteiger partial charge is 0.253 e. The molecule has 0 unspecified atom stereocenters. The van der Waals surface area contributed by atoms with Gasteiger partial charge in [-0.25, -0.2) is 0 Å². The average Bonchev–Trinajstić information content (AvgIpc) is 2.74. The molecule has 0 bridgehead atoms. The molecular weight excluding hydrogens is 204 g/mol. The maximum Gasteiger partial charge on any atom is 0.253 e. The van der Waals surface area contributed by atoms with Gasteiger partial charge >= 0.3 is 0 Å². The SMILES string of the molecule is O=C(/C=C/c1ccncc1)N1CCCC1=O. The van der Waals surface area contributed by atoms with E-state index in [4.69, 9.17) is 0 Å². The summed E-state index contributed by atoms with van der Waals surface area (Å²) in [5.41, 5.74) is 0.898. The molecule has 0 N–H and O–H groups in total. The first-order valence-electron chi connectivity index (χ1n) is 5.20. The third-order valence-corrected chi connectivity index (χ3v) is 2.46. The molecule has 2 heterocycles. The number of hydrogen-bond acceptors (Lipinski definition) is 3. The fraction of sp³-hybridized carbons (Fsp3) is 0.250. The summed E-state index contributed by atoms with van der Waals surface area (Å²) in [6.07, 6.45) is 7.69. The van der Waals surface area contributed by atoms with Gasteiger partial charge in [0, 0.05) is 31.4 Å². The highest BCUT2D eigenvalue weighted by Gasteiger charge is 2.24. The monoisotopic (exact) mass is 216 g/mol. The molecule has 2 rings (SSSR count). The average molecular weight is 216 g/mol. The molecule has 0 spiro atoms. The molecule has 0 saturated carbocycles. The molecule has 1 aliphatic rings. The summed E-state index contributed by atoms with van der Waals surface area (Å²) < 4.78 is 0. The number of aromatic nitrogens is 1. The fourth-order valence-corrected chi connectivity index (χ4v) is 1.61. The van der Waals surface area contributed by atoms with Crippen LogP contribution in [0, 0.1) is 0 Å². The van der Waals surface area contributed by atoms with Gasteiger partial charge in [0.1, 0.15) is 0 Å². The summed E-state index contributed by atoms with van der Waals surface area (Å²) in [4.78, 5) is 28.1. The van der Waals surface area contributed by atoms with E-state index in [1.807, 2.05) is 0 Å². The Morgan fingerprint density at radius 1 is 1.38 bits per heavy atom. The quantitative estimate of drug-likeness (QED) is 0.699. The Labute approximate surface area is 93.6 Å². The lowest BCUT2D eigenvalue weighted by Gasteiger charge is -2.09. The summed E-state index contributed by atoms with van der Waals surface area (Å²) in [5.74, 6) is -0.316. The maximum absolute atomic E-state index is 11.6. The van der Waals surface area contributed by atoms with Crippen LogP contribution in [0.2, 0.25) is 0 Å². The number of carbonyl (C=O) groups is 2. The standard InChI is InChI=1S/C12H12N2O2/c15-11-2-1-9-14(11)12(16)4-3-10-5-7-13-8-6-10/h3-8H,1-2,9H2/b4-3+. The van der Waals surface area contributed by atoms with Crippen LogP contribution >= 0.6 is 0 Å². The van der Waals surface area contributed by atoms with Gasteiger partial charge in [-0.15, -0.1) is 0 Å². The maximum atomic E-state index is 11.6. The van der Waals surface area contributed by atoms with E-state index in [0.717, 1.165) is 12.0 Å². The number of imide groups is 1. The van der Waals surface area contributed by atoms with E-state index in [-0.39, 0.29) is 11.8 Å². The molecule has 0 aliphatic carbocycles. The highest BCUT2D eigenvalue weighted by molar-refractivity contribution is 6.03. The van der Waals surface area contributed by atoms with E-state index < -0.39 is 0 Å². The fourth-order valence-electron chi connectivity index (χ4n) is 1.61. The second-order valence-electron chi connectivity index (χ2n) is 3.60. The zero-order valence-corrected chi connectivity index (χ0v) is 8.80. The van der Waals surface area contributed by atoms with E-state index in [1.165, 1.54) is 11.0 Å². The van der Waals surface area contributed by atoms with Crippen molar-refractivity contribution in [2.45, 2.75) is 12.8 Å². The predicted molar refractivity (Wildman–Crippen MR) is 59.2 cm³/mol. The third kappa shape index (κ3) is 2.34. The lowest BCUT2D eigenvalue weighted by Crippen LogP contribution is -2.30. The number of pyridine rings is 1. The van der Waals surface area contributed by atoms with Crippen LogP contribution in [0.4, 0.5) is 0 Å². The molecule has 2 amide bonds. The van der Waals surface area contributed by atoms with Crippen LogP contribution in [0.3, 0.4) is 0 Å². The Morgan fingerprint density at radius 2 is 2.12 bits per heavy atom. The molecule has 1 aromatic heterocycles. The van der Waals surface area contributed by atoms with Crippen molar-refractivity contribution in [2.24, 2.45) is 0 Å². The molecule has 16 heavy (non-hydrogen) atoms. The van der Waals surface area contributed by atoms with Crippen molar-refractivity contribution >= 4 is 17.9 Å². The van der Waals surface area contributed by atoms with Crippen LogP contribution < -0.4 is 0 Å². The van der Waals surface area contributed by atoms with Crippen molar-refractivity contribution in [3.05, 3.63) is 36.2 Å². The normalized spacial score (nSPS) is 16.0. The van der Waals surface area contributed by atoms with Crippen LogP contribution in [0.25, 0.3) is 6.08 Å². The van der Waals surface area contributed by atoms with Gasteiger partial charge in [-0.05, 0) is 30.2 Å². The molecule has 0 aromatic carbocycles. The molecule has 1 fully saturated rings. The second-order valence-corrected chi connectivity index (χ2v) is 3.60. The molecule has 4 nitrogen and oxygen atoms in total. The Hall–Kier alpha value is -1.97. The minimum atomic E-state index is -0.237. The first-order valence-corrected chi connectivity index (χ1v) is 5.20. The molecule has 82 valence electrons. The molecule has 1 aliphatic heterocycles. The molecule has 0 atom stereocenters. The van der Waals surface area contributed by atoms with Gasteiger partial charge in [-0.3, -0.25) is 19.5 Å². The highest BCUT2D eigenvalue weighted by Crippen LogP contribution is 2.10. The van der Waals surface area contributed by atoms with E-state index in [0.29, 0.717) is 13.0 Å². The minimum absolute atomic E-state index is 0.0793. The van der Waals surface area contributed by atoms with E-state index in [2.05, 4.69) is 4.98 Å². The van der Waals surface area contributed by atoms with Gasteiger partial charge < -0.3 is 0 Å². The molecule has 1 saturated heterocycles. The molecule has 4 heteroatoms. The Morgan fingerprint density at radius 3 is 2.75 bits per heavy atom. The molecule has 0 radical (unpaired) electrons. The number of hydrogen-bond donors (Lipinski definition) is 0. The van der Waals surface area contributed by atoms with Crippen molar-refractivity contribution in [1.29, 1.82) is 0 Å². The Balaban J connectivity index is 2.02. The second kappa shape index (κ2) is 4.70. The number of likely N-dealkylation sites (tertiary alicyclic amines) is 1. The van der Waals surface area contributed by atoms with Crippen molar-refractivity contribution in [3.63, 3.8) is 0 Å². The van der Waals surface area contributed by atoms with Crippen molar-refractivity contribution in [3.8, 4) is 0 Å². The number of rotatable bonds is 2. The van der Waals surface area contributed by atoms with Gasteiger partial charge in [0.2, 0.25) is 5.91 Å². The topological polar surface area (TPSA) is 50.3 Å². The molecular formula is C12H12N2O2. The van der Waals surface area contributed by atoms with Gasteiger partial charge in [-0.2, -0.15) is 0 Å². The summed E-state index contributed by atoms with van der Waals surface area (Å²) >= 11 is 0. The number of nitrogens with zero attached hydrogens (tertiary/aromatic N) is 2. The van der Waals surface area contributed by atoms with Crippen LogP contribution in [0.15, 0.2) is 30.6 Å². The van der Waals surface area contributed by atoms with Crippen molar-refractivity contribution in [2.75, 3.05) is 6.54 Å². The van der Waals surface area contributed by atoms with Crippen LogP contribution in [0.1, 0.15) is 18.4 Å². The van der Waals surface area contributed by atoms with Gasteiger partial charge in [0.15, 0.2) is 0 Å². The van der Waals surface area contributed by atoms with Gasteiger partial charge in [-0.1, -0.05) is 0 Å². The summed E-state index contributed by atoms with van der Waals surface area (Å²) in [6, 6.07) is 3.60. The van der Waals surface area contributed by atoms with Crippen LogP contribution in [0.5, 0.6) is 0 Å². The summed E-state index contributed by atoms with van der Waals surface area (Å²) in [5, 5.41) is 0.